The van der Waals surface area contributed by atoms with Crippen LogP contribution < -0.4 is 30.2 Å². The van der Waals surface area contributed by atoms with E-state index in [2.05, 4.69) is 11.9 Å². The summed E-state index contributed by atoms with van der Waals surface area (Å²) in [7, 11) is 1.59. The van der Waals surface area contributed by atoms with E-state index in [1.807, 2.05) is 79.7 Å². The predicted octanol–water partition coefficient (Wildman–Crippen LogP) is 6.61. The Bertz CT molecular complexity index is 1780. The maximum absolute atomic E-state index is 14.5. The molecule has 1 aliphatic heterocycles. The number of nitrogens with one attached hydrogen (secondary N) is 1. The van der Waals surface area contributed by atoms with E-state index in [9.17, 15) is 14.4 Å². The summed E-state index contributed by atoms with van der Waals surface area (Å²) in [6, 6.07) is 29.9. The lowest BCUT2D eigenvalue weighted by Gasteiger charge is -2.26. The molecule has 9 nitrogen and oxygen atoms in total. The number of anilines is 1. The molecule has 4 aromatic rings. The first kappa shape index (κ1) is 35.1. The highest BCUT2D eigenvalue weighted by Crippen LogP contribution is 2.54. The Kier molecular flexibility index (Phi) is 11.6. The molecule has 49 heavy (non-hydrogen) atoms. The molecule has 1 heterocycles. The minimum Gasteiger partial charge on any atom is -0.493 e. The molecule has 10 heteroatoms. The van der Waals surface area contributed by atoms with Crippen molar-refractivity contribution in [3.05, 3.63) is 132 Å². The molecule has 0 aromatic heterocycles. The summed E-state index contributed by atoms with van der Waals surface area (Å²) in [6.07, 6.45) is 2.45. The molecular weight excluding hydrogens is 639 g/mol. The number of methoxy groups -OCH3 is 1. The van der Waals surface area contributed by atoms with Crippen molar-refractivity contribution in [2.75, 3.05) is 25.2 Å². The van der Waals surface area contributed by atoms with E-state index in [4.69, 9.17) is 19.9 Å². The Morgan fingerprint density at radius 3 is 2.43 bits per heavy atom. The molecule has 0 radical (unpaired) electrons. The molecule has 3 N–H and O–H groups in total. The molecule has 1 fully saturated rings. The van der Waals surface area contributed by atoms with Gasteiger partial charge in [-0.2, -0.15) is 0 Å². The lowest BCUT2D eigenvalue weighted by Crippen LogP contribution is -2.43. The van der Waals surface area contributed by atoms with E-state index in [0.717, 1.165) is 16.7 Å². The zero-order chi connectivity index (χ0) is 34.8. The first-order valence-electron chi connectivity index (χ1n) is 16.1. The van der Waals surface area contributed by atoms with Gasteiger partial charge in [-0.3, -0.25) is 19.3 Å². The average molecular weight is 680 g/mol. The van der Waals surface area contributed by atoms with Crippen LogP contribution in [-0.4, -0.2) is 42.7 Å². The van der Waals surface area contributed by atoms with Crippen LogP contribution in [0.4, 0.5) is 5.69 Å². The van der Waals surface area contributed by atoms with Gasteiger partial charge in [0.2, 0.25) is 17.7 Å². The normalized spacial score (nSPS) is 17.0. The summed E-state index contributed by atoms with van der Waals surface area (Å²) in [6.45, 7) is 7.13. The highest BCUT2D eigenvalue weighted by Gasteiger charge is 2.53. The summed E-state index contributed by atoms with van der Waals surface area (Å²) in [5, 5.41) is 2.51. The van der Waals surface area contributed by atoms with Gasteiger partial charge < -0.3 is 25.3 Å². The minimum atomic E-state index is -1.13. The smallest absolute Gasteiger partial charge is 0.248 e. The fourth-order valence-corrected chi connectivity index (χ4v) is 7.43. The standard InChI is InChI=1S/C39H41N3O6S/c1-4-21-39(25-35(43)41-22-20-27-14-19-33(46-3)34(23-27)47-5-2)38(45)42(31-13-9-12-30(24-31)36(40)44)37(49-39)29-15-17-32(18-16-29)48-26-28-10-7-6-8-11-28/h4,6-19,23-24,37H,1,5,20-22,25-26H2,2-3H3,(H2,40,44)(H,41,43). The SMILES string of the molecule is C=CCC1(CC(=O)NCCc2ccc(OC)c(OCC)c2)SC(c2ccc(OCc3ccccc3)cc2)N(c2cccc(C(N)=O)c2)C1=O. The van der Waals surface area contributed by atoms with Gasteiger partial charge in [0, 0.05) is 17.8 Å². The van der Waals surface area contributed by atoms with Crippen molar-refractivity contribution in [1.29, 1.82) is 0 Å². The second kappa shape index (κ2) is 16.3. The summed E-state index contributed by atoms with van der Waals surface area (Å²) >= 11 is 1.40. The first-order valence-corrected chi connectivity index (χ1v) is 17.0. The van der Waals surface area contributed by atoms with Crippen LogP contribution in [0.15, 0.2) is 110 Å². The molecule has 1 saturated heterocycles. The van der Waals surface area contributed by atoms with Gasteiger partial charge in [-0.15, -0.1) is 18.3 Å². The van der Waals surface area contributed by atoms with E-state index < -0.39 is 16.0 Å². The number of carbonyl (C=O) groups excluding carboxylic acids is 3. The number of hydrogen-bond donors (Lipinski definition) is 2. The van der Waals surface area contributed by atoms with Gasteiger partial charge in [-0.1, -0.05) is 60.7 Å². The second-order valence-corrected chi connectivity index (χ2v) is 13.0. The van der Waals surface area contributed by atoms with E-state index >= 15 is 0 Å². The van der Waals surface area contributed by atoms with Crippen LogP contribution in [0.25, 0.3) is 0 Å². The lowest BCUT2D eigenvalue weighted by atomic mass is 9.97. The lowest BCUT2D eigenvalue weighted by molar-refractivity contribution is -0.126. The summed E-state index contributed by atoms with van der Waals surface area (Å²) < 4.78 is 15.9. The number of nitrogens with two attached hydrogens (primary N) is 1. The third-order valence-electron chi connectivity index (χ3n) is 8.19. The molecule has 4 aromatic carbocycles. The summed E-state index contributed by atoms with van der Waals surface area (Å²) in [5.41, 5.74) is 9.27. The number of ether oxygens (including phenoxy) is 3. The van der Waals surface area contributed by atoms with Gasteiger partial charge in [0.1, 0.15) is 22.5 Å². The van der Waals surface area contributed by atoms with E-state index in [0.29, 0.717) is 49.1 Å². The molecule has 1 aliphatic rings. The van der Waals surface area contributed by atoms with Crippen molar-refractivity contribution in [3.8, 4) is 17.2 Å². The highest BCUT2D eigenvalue weighted by atomic mass is 32.2. The number of carbonyl (C=O) groups is 3. The fourth-order valence-electron chi connectivity index (χ4n) is 5.76. The van der Waals surface area contributed by atoms with Crippen molar-refractivity contribution in [3.63, 3.8) is 0 Å². The monoisotopic (exact) mass is 679 g/mol. The number of primary amides is 1. The molecule has 0 bridgehead atoms. The van der Waals surface area contributed by atoms with Gasteiger partial charge >= 0.3 is 0 Å². The van der Waals surface area contributed by atoms with E-state index in [-0.39, 0.29) is 30.2 Å². The number of amides is 3. The largest absolute Gasteiger partial charge is 0.493 e. The molecule has 3 amide bonds. The van der Waals surface area contributed by atoms with Crippen molar-refractivity contribution in [1.82, 2.24) is 5.32 Å². The summed E-state index contributed by atoms with van der Waals surface area (Å²) in [5.74, 6) is 0.880. The quantitative estimate of drug-likeness (QED) is 0.128. The van der Waals surface area contributed by atoms with Gasteiger partial charge in [0.25, 0.3) is 0 Å². The van der Waals surface area contributed by atoms with Crippen molar-refractivity contribution < 1.29 is 28.6 Å². The maximum atomic E-state index is 14.5. The van der Waals surface area contributed by atoms with Crippen LogP contribution >= 0.6 is 11.8 Å². The maximum Gasteiger partial charge on any atom is 0.248 e. The van der Waals surface area contributed by atoms with Crippen LogP contribution in [0.1, 0.15) is 52.2 Å². The zero-order valence-corrected chi connectivity index (χ0v) is 28.5. The highest BCUT2D eigenvalue weighted by molar-refractivity contribution is 8.02. The van der Waals surface area contributed by atoms with Gasteiger partial charge in [0.05, 0.1) is 20.1 Å². The molecular formula is C39H41N3O6S. The Balaban J connectivity index is 1.36. The average Bonchev–Trinajstić information content (AvgIpc) is 3.39. The molecule has 5 rings (SSSR count). The Labute approximate surface area is 291 Å². The third kappa shape index (κ3) is 8.45. The Morgan fingerprint density at radius 2 is 1.73 bits per heavy atom. The van der Waals surface area contributed by atoms with Crippen LogP contribution in [-0.2, 0) is 22.6 Å². The topological polar surface area (TPSA) is 120 Å². The fraction of sp³-hybridized carbons (Fsp3) is 0.256. The van der Waals surface area contributed by atoms with Crippen LogP contribution in [0, 0.1) is 0 Å². The number of nitrogens with zero attached hydrogens (tertiary/aromatic N) is 1. The molecule has 0 aliphatic carbocycles. The van der Waals surface area contributed by atoms with Gasteiger partial charge in [0.15, 0.2) is 11.5 Å². The van der Waals surface area contributed by atoms with Crippen molar-refractivity contribution >= 4 is 35.2 Å². The van der Waals surface area contributed by atoms with E-state index in [1.165, 1.54) is 11.8 Å². The van der Waals surface area contributed by atoms with E-state index in [1.54, 1.807) is 42.4 Å². The molecule has 0 spiro atoms. The van der Waals surface area contributed by atoms with Crippen molar-refractivity contribution in [2.45, 2.75) is 42.9 Å². The molecule has 0 saturated carbocycles. The van der Waals surface area contributed by atoms with Crippen LogP contribution in [0.5, 0.6) is 17.2 Å². The van der Waals surface area contributed by atoms with Crippen molar-refractivity contribution in [2.24, 2.45) is 5.73 Å². The van der Waals surface area contributed by atoms with Crippen LogP contribution in [0.2, 0.25) is 0 Å². The van der Waals surface area contributed by atoms with Gasteiger partial charge in [-0.05, 0) is 78.9 Å². The third-order valence-corrected chi connectivity index (χ3v) is 9.83. The molecule has 2 unspecified atom stereocenters. The molecule has 2 atom stereocenters. The first-order chi connectivity index (χ1) is 23.8. The Morgan fingerprint density at radius 1 is 0.959 bits per heavy atom. The zero-order valence-electron chi connectivity index (χ0n) is 27.7. The van der Waals surface area contributed by atoms with Gasteiger partial charge in [-0.25, -0.2) is 0 Å². The number of rotatable bonds is 16. The number of benzene rings is 4. The predicted molar refractivity (Wildman–Crippen MR) is 193 cm³/mol. The number of allylic oxidation sites excluding steroid dienone is 1. The molecule has 254 valence electrons. The number of thioether (sulfide) groups is 1. The summed E-state index contributed by atoms with van der Waals surface area (Å²) in [4.78, 5) is 41.7. The minimum absolute atomic E-state index is 0.0594. The second-order valence-electron chi connectivity index (χ2n) is 11.6. The number of hydrogen-bond acceptors (Lipinski definition) is 7. The van der Waals surface area contributed by atoms with Crippen LogP contribution in [0.3, 0.4) is 0 Å². The Hall–Kier alpha value is -5.22.